The van der Waals surface area contributed by atoms with Crippen molar-refractivity contribution >= 4 is 6.29 Å². The number of carbonyl (C=O) groups excluding carboxylic acids is 1. The number of hydrogen-bond acceptors (Lipinski definition) is 2. The molecule has 5 heteroatoms. The first-order chi connectivity index (χ1) is 8.98. The molecule has 2 aliphatic carbocycles. The first-order valence-electron chi connectivity index (χ1n) is 6.36. The number of alkyl halides is 3. The lowest BCUT2D eigenvalue weighted by molar-refractivity contribution is -0.275. The van der Waals surface area contributed by atoms with Crippen molar-refractivity contribution in [3.05, 3.63) is 28.8 Å². The van der Waals surface area contributed by atoms with Crippen LogP contribution in [-0.4, -0.2) is 12.6 Å². The second-order valence-corrected chi connectivity index (χ2v) is 5.24. The van der Waals surface area contributed by atoms with Crippen molar-refractivity contribution in [3.63, 3.8) is 0 Å². The van der Waals surface area contributed by atoms with Gasteiger partial charge < -0.3 is 4.74 Å². The van der Waals surface area contributed by atoms with Gasteiger partial charge in [-0.3, -0.25) is 4.79 Å². The molecule has 0 aromatic heterocycles. The number of rotatable bonds is 4. The molecule has 0 radical (unpaired) electrons. The third-order valence-electron chi connectivity index (χ3n) is 3.56. The smallest absolute Gasteiger partial charge is 0.405 e. The molecule has 1 aromatic carbocycles. The molecule has 0 N–H and O–H groups in total. The van der Waals surface area contributed by atoms with Gasteiger partial charge in [-0.05, 0) is 60.8 Å². The van der Waals surface area contributed by atoms with Gasteiger partial charge in [0.15, 0.2) is 0 Å². The minimum atomic E-state index is -4.68. The third kappa shape index (κ3) is 2.74. The topological polar surface area (TPSA) is 26.3 Å². The summed E-state index contributed by atoms with van der Waals surface area (Å²) in [5.41, 5.74) is 1.53. The van der Waals surface area contributed by atoms with Gasteiger partial charge in [0.2, 0.25) is 0 Å². The van der Waals surface area contributed by atoms with Crippen LogP contribution in [0.2, 0.25) is 0 Å². The molecule has 2 aliphatic rings. The van der Waals surface area contributed by atoms with E-state index in [9.17, 15) is 18.0 Å². The molecule has 102 valence electrons. The molecule has 0 amide bonds. The van der Waals surface area contributed by atoms with Crippen molar-refractivity contribution in [3.8, 4) is 5.75 Å². The summed E-state index contributed by atoms with van der Waals surface area (Å²) in [6, 6.07) is 3.08. The minimum absolute atomic E-state index is 0.0527. The second-order valence-electron chi connectivity index (χ2n) is 5.24. The molecule has 19 heavy (non-hydrogen) atoms. The molecule has 0 heterocycles. The van der Waals surface area contributed by atoms with E-state index in [4.69, 9.17) is 0 Å². The summed E-state index contributed by atoms with van der Waals surface area (Å²) in [5, 5.41) is 0. The fourth-order valence-electron chi connectivity index (χ4n) is 2.40. The molecule has 2 saturated carbocycles. The quantitative estimate of drug-likeness (QED) is 0.768. The van der Waals surface area contributed by atoms with Crippen LogP contribution < -0.4 is 4.74 Å². The monoisotopic (exact) mass is 270 g/mol. The fraction of sp³-hybridized carbons (Fsp3) is 0.500. The Morgan fingerprint density at radius 3 is 1.84 bits per heavy atom. The van der Waals surface area contributed by atoms with Crippen molar-refractivity contribution in [2.75, 3.05) is 0 Å². The highest BCUT2D eigenvalue weighted by atomic mass is 19.4. The Morgan fingerprint density at radius 1 is 1.05 bits per heavy atom. The van der Waals surface area contributed by atoms with Crippen molar-refractivity contribution in [1.29, 1.82) is 0 Å². The molecular formula is C14H13F3O2. The maximum atomic E-state index is 12.6. The standard InChI is InChI=1S/C14H13F3O2/c15-14(16,17)19-13-11(9-1-2-9)5-8(7-18)6-12(13)10-3-4-10/h5-7,9-10H,1-4H2. The number of ether oxygens (including phenoxy) is 1. The Morgan fingerprint density at radius 2 is 1.53 bits per heavy atom. The molecule has 0 spiro atoms. The molecule has 1 aromatic rings. The molecule has 2 fully saturated rings. The number of benzene rings is 1. The van der Waals surface area contributed by atoms with Gasteiger partial charge in [-0.2, -0.15) is 0 Å². The lowest BCUT2D eigenvalue weighted by atomic mass is 9.98. The van der Waals surface area contributed by atoms with Crippen LogP contribution in [0, 0.1) is 0 Å². The zero-order chi connectivity index (χ0) is 13.6. The van der Waals surface area contributed by atoms with E-state index in [1.54, 1.807) is 0 Å². The van der Waals surface area contributed by atoms with Crippen LogP contribution in [0.25, 0.3) is 0 Å². The number of halogens is 3. The summed E-state index contributed by atoms with van der Waals surface area (Å²) in [4.78, 5) is 10.9. The predicted octanol–water partition coefficient (Wildman–Crippen LogP) is 4.15. The van der Waals surface area contributed by atoms with E-state index >= 15 is 0 Å². The summed E-state index contributed by atoms with van der Waals surface area (Å²) in [5.74, 6) is 0.160. The maximum Gasteiger partial charge on any atom is 0.573 e. The van der Waals surface area contributed by atoms with Gasteiger partial charge in [-0.25, -0.2) is 0 Å². The average Bonchev–Trinajstić information content (AvgIpc) is 3.18. The molecule has 2 nitrogen and oxygen atoms in total. The first kappa shape index (κ1) is 12.5. The maximum absolute atomic E-state index is 12.6. The van der Waals surface area contributed by atoms with Gasteiger partial charge in [0, 0.05) is 5.56 Å². The molecule has 0 aliphatic heterocycles. The zero-order valence-electron chi connectivity index (χ0n) is 10.2. The summed E-state index contributed by atoms with van der Waals surface area (Å²) < 4.78 is 41.9. The predicted molar refractivity (Wildman–Crippen MR) is 62.5 cm³/mol. The van der Waals surface area contributed by atoms with Crippen molar-refractivity contribution in [2.45, 2.75) is 43.9 Å². The molecule has 0 unspecified atom stereocenters. The van der Waals surface area contributed by atoms with Gasteiger partial charge in [0.25, 0.3) is 0 Å². The average molecular weight is 270 g/mol. The van der Waals surface area contributed by atoms with Gasteiger partial charge in [0.05, 0.1) is 0 Å². The van der Waals surface area contributed by atoms with E-state index < -0.39 is 6.36 Å². The van der Waals surface area contributed by atoms with Crippen LogP contribution in [-0.2, 0) is 0 Å². The van der Waals surface area contributed by atoms with E-state index in [2.05, 4.69) is 4.74 Å². The molecule has 3 rings (SSSR count). The molecule has 0 bridgehead atoms. The van der Waals surface area contributed by atoms with Crippen LogP contribution in [0.5, 0.6) is 5.75 Å². The molecule has 0 saturated heterocycles. The van der Waals surface area contributed by atoms with Crippen LogP contribution in [0.3, 0.4) is 0 Å². The van der Waals surface area contributed by atoms with E-state index in [0.717, 1.165) is 25.7 Å². The fourth-order valence-corrected chi connectivity index (χ4v) is 2.40. The number of aldehydes is 1. The van der Waals surface area contributed by atoms with Crippen molar-refractivity contribution < 1.29 is 22.7 Å². The zero-order valence-corrected chi connectivity index (χ0v) is 10.2. The Kier molecular flexibility index (Phi) is 2.80. The van der Waals surface area contributed by atoms with Crippen molar-refractivity contribution in [2.24, 2.45) is 0 Å². The minimum Gasteiger partial charge on any atom is -0.405 e. The van der Waals surface area contributed by atoms with E-state index in [1.807, 2.05) is 0 Å². The Hall–Kier alpha value is -1.52. The molecule has 0 atom stereocenters. The Balaban J connectivity index is 2.08. The number of carbonyl (C=O) groups is 1. The van der Waals surface area contributed by atoms with Crippen LogP contribution >= 0.6 is 0 Å². The summed E-state index contributed by atoms with van der Waals surface area (Å²) in [6.45, 7) is 0. The normalized spacial score (nSPS) is 19.3. The van der Waals surface area contributed by atoms with E-state index in [-0.39, 0.29) is 17.6 Å². The summed E-state index contributed by atoms with van der Waals surface area (Å²) >= 11 is 0. The van der Waals surface area contributed by atoms with Gasteiger partial charge in [-0.1, -0.05) is 0 Å². The molecular weight excluding hydrogens is 257 g/mol. The lowest BCUT2D eigenvalue weighted by Crippen LogP contribution is -2.19. The van der Waals surface area contributed by atoms with E-state index in [1.165, 1.54) is 12.1 Å². The third-order valence-corrected chi connectivity index (χ3v) is 3.56. The van der Waals surface area contributed by atoms with Gasteiger partial charge in [-0.15, -0.1) is 13.2 Å². The summed E-state index contributed by atoms with van der Waals surface area (Å²) in [7, 11) is 0. The highest BCUT2D eigenvalue weighted by molar-refractivity contribution is 5.77. The second kappa shape index (κ2) is 4.25. The lowest BCUT2D eigenvalue weighted by Gasteiger charge is -2.17. The van der Waals surface area contributed by atoms with Crippen LogP contribution in [0.1, 0.15) is 59.0 Å². The van der Waals surface area contributed by atoms with E-state index in [0.29, 0.717) is 23.0 Å². The SMILES string of the molecule is O=Cc1cc(C2CC2)c(OC(F)(F)F)c(C2CC2)c1. The Bertz CT molecular complexity index is 481. The largest absolute Gasteiger partial charge is 0.573 e. The van der Waals surface area contributed by atoms with Crippen molar-refractivity contribution in [1.82, 2.24) is 0 Å². The van der Waals surface area contributed by atoms with Crippen LogP contribution in [0.15, 0.2) is 12.1 Å². The van der Waals surface area contributed by atoms with Gasteiger partial charge >= 0.3 is 6.36 Å². The highest BCUT2D eigenvalue weighted by Gasteiger charge is 2.39. The number of hydrogen-bond donors (Lipinski definition) is 0. The highest BCUT2D eigenvalue weighted by Crippen LogP contribution is 2.52. The Labute approximate surface area is 108 Å². The van der Waals surface area contributed by atoms with Crippen LogP contribution in [0.4, 0.5) is 13.2 Å². The van der Waals surface area contributed by atoms with Gasteiger partial charge in [0.1, 0.15) is 12.0 Å². The first-order valence-corrected chi connectivity index (χ1v) is 6.36. The summed E-state index contributed by atoms with van der Waals surface area (Å²) in [6.07, 6.45) is -0.548.